The Morgan fingerprint density at radius 1 is 1.24 bits per heavy atom. The van der Waals surface area contributed by atoms with E-state index in [1.54, 1.807) is 24.9 Å². The fourth-order valence-corrected chi connectivity index (χ4v) is 2.98. The van der Waals surface area contributed by atoms with E-state index in [0.29, 0.717) is 12.1 Å². The zero-order chi connectivity index (χ0) is 15.2. The molecule has 0 saturated carbocycles. The van der Waals surface area contributed by atoms with Crippen molar-refractivity contribution in [2.45, 2.75) is 11.4 Å². The second kappa shape index (κ2) is 7.70. The summed E-state index contributed by atoms with van der Waals surface area (Å²) in [6.45, 7) is 0.524. The molecule has 0 aliphatic heterocycles. The van der Waals surface area contributed by atoms with Crippen LogP contribution in [0.3, 0.4) is 0 Å². The van der Waals surface area contributed by atoms with Crippen LogP contribution >= 0.6 is 34.4 Å². The number of carbonyl (C=O) groups excluding carboxylic acids is 1. The smallest absolute Gasteiger partial charge is 0.251 e. The van der Waals surface area contributed by atoms with E-state index < -0.39 is 0 Å². The second-order valence-corrected chi connectivity index (χ2v) is 6.42. The average molecular weight is 413 g/mol. The number of nitrogens with one attached hydrogen (secondary N) is 1. The zero-order valence-corrected chi connectivity index (χ0v) is 14.8. The third-order valence-electron chi connectivity index (χ3n) is 3.03. The molecule has 3 nitrogen and oxygen atoms in total. The first-order valence-corrected chi connectivity index (χ1v) is 8.69. The van der Waals surface area contributed by atoms with Gasteiger partial charge < -0.3 is 10.1 Å². The molecule has 0 spiro atoms. The van der Waals surface area contributed by atoms with E-state index >= 15 is 0 Å². The standard InChI is InChI=1S/C16H16INO2S/c1-20-15-8-5-12(9-14(15)17)16(19)18-10-11-3-6-13(21-2)7-4-11/h3-9H,10H2,1-2H3,(H,18,19). The summed E-state index contributed by atoms with van der Waals surface area (Å²) in [6, 6.07) is 13.6. The van der Waals surface area contributed by atoms with Gasteiger partial charge in [0.15, 0.2) is 0 Å². The number of hydrogen-bond donors (Lipinski definition) is 1. The molecule has 2 aromatic rings. The van der Waals surface area contributed by atoms with Crippen molar-refractivity contribution in [3.63, 3.8) is 0 Å². The first-order valence-electron chi connectivity index (χ1n) is 6.38. The molecule has 21 heavy (non-hydrogen) atoms. The summed E-state index contributed by atoms with van der Waals surface area (Å²) in [6.07, 6.45) is 2.04. The van der Waals surface area contributed by atoms with Crippen molar-refractivity contribution >= 4 is 40.3 Å². The van der Waals surface area contributed by atoms with E-state index in [-0.39, 0.29) is 5.91 Å². The van der Waals surface area contributed by atoms with Crippen LogP contribution in [-0.4, -0.2) is 19.3 Å². The molecule has 0 heterocycles. The van der Waals surface area contributed by atoms with Crippen molar-refractivity contribution in [3.05, 3.63) is 57.2 Å². The van der Waals surface area contributed by atoms with Crippen LogP contribution in [0.25, 0.3) is 0 Å². The van der Waals surface area contributed by atoms with E-state index in [1.165, 1.54) is 4.90 Å². The summed E-state index contributed by atoms with van der Waals surface area (Å²) < 4.78 is 6.11. The van der Waals surface area contributed by atoms with Gasteiger partial charge >= 0.3 is 0 Å². The van der Waals surface area contributed by atoms with Crippen molar-refractivity contribution in [3.8, 4) is 5.75 Å². The summed E-state index contributed by atoms with van der Waals surface area (Å²) in [5.74, 6) is 0.698. The highest BCUT2D eigenvalue weighted by molar-refractivity contribution is 14.1. The maximum absolute atomic E-state index is 12.1. The third kappa shape index (κ3) is 4.38. The van der Waals surface area contributed by atoms with Crippen LogP contribution in [0.4, 0.5) is 0 Å². The van der Waals surface area contributed by atoms with Crippen molar-refractivity contribution in [1.29, 1.82) is 0 Å². The highest BCUT2D eigenvalue weighted by atomic mass is 127. The fraction of sp³-hybridized carbons (Fsp3) is 0.188. The molecule has 1 N–H and O–H groups in total. The van der Waals surface area contributed by atoms with Crippen LogP contribution in [0.5, 0.6) is 5.75 Å². The second-order valence-electron chi connectivity index (χ2n) is 4.38. The van der Waals surface area contributed by atoms with Crippen LogP contribution in [0.15, 0.2) is 47.4 Å². The van der Waals surface area contributed by atoms with Gasteiger partial charge in [0, 0.05) is 17.0 Å². The van der Waals surface area contributed by atoms with Gasteiger partial charge in [-0.05, 0) is 64.7 Å². The molecule has 0 saturated heterocycles. The lowest BCUT2D eigenvalue weighted by Gasteiger charge is -2.08. The normalized spacial score (nSPS) is 10.2. The molecular formula is C16H16INO2S. The molecular weight excluding hydrogens is 397 g/mol. The van der Waals surface area contributed by atoms with E-state index in [9.17, 15) is 4.79 Å². The molecule has 0 unspecified atom stereocenters. The van der Waals surface area contributed by atoms with Gasteiger partial charge in [0.1, 0.15) is 5.75 Å². The summed E-state index contributed by atoms with van der Waals surface area (Å²) in [5.41, 5.74) is 1.73. The van der Waals surface area contributed by atoms with E-state index in [4.69, 9.17) is 4.74 Å². The summed E-state index contributed by atoms with van der Waals surface area (Å²) in [7, 11) is 1.62. The summed E-state index contributed by atoms with van der Waals surface area (Å²) in [5, 5.41) is 2.93. The predicted octanol–water partition coefficient (Wildman–Crippen LogP) is 3.95. The maximum atomic E-state index is 12.1. The number of amides is 1. The molecule has 0 aromatic heterocycles. The molecule has 110 valence electrons. The highest BCUT2D eigenvalue weighted by Gasteiger charge is 2.08. The van der Waals surface area contributed by atoms with Crippen molar-refractivity contribution in [1.82, 2.24) is 5.32 Å². The quantitative estimate of drug-likeness (QED) is 0.596. The monoisotopic (exact) mass is 413 g/mol. The van der Waals surface area contributed by atoms with Crippen LogP contribution < -0.4 is 10.1 Å². The predicted molar refractivity (Wildman–Crippen MR) is 95.1 cm³/mol. The van der Waals surface area contributed by atoms with Crippen LogP contribution in [-0.2, 0) is 6.54 Å². The van der Waals surface area contributed by atoms with Crippen LogP contribution in [0.1, 0.15) is 15.9 Å². The van der Waals surface area contributed by atoms with Crippen molar-refractivity contribution in [2.24, 2.45) is 0 Å². The lowest BCUT2D eigenvalue weighted by atomic mass is 10.2. The van der Waals surface area contributed by atoms with Gasteiger partial charge in [-0.25, -0.2) is 0 Å². The number of ether oxygens (including phenoxy) is 1. The molecule has 0 aliphatic rings. The largest absolute Gasteiger partial charge is 0.496 e. The van der Waals surface area contributed by atoms with Gasteiger partial charge in [-0.2, -0.15) is 0 Å². The number of benzene rings is 2. The number of carbonyl (C=O) groups is 1. The molecule has 5 heteroatoms. The fourth-order valence-electron chi connectivity index (χ4n) is 1.84. The molecule has 2 aromatic carbocycles. The van der Waals surface area contributed by atoms with Gasteiger partial charge in [-0.1, -0.05) is 12.1 Å². The Kier molecular flexibility index (Phi) is 5.93. The lowest BCUT2D eigenvalue weighted by Crippen LogP contribution is -2.22. The Balaban J connectivity index is 1.99. The topological polar surface area (TPSA) is 38.3 Å². The molecule has 0 fully saturated rings. The molecule has 0 bridgehead atoms. The maximum Gasteiger partial charge on any atom is 0.251 e. The Morgan fingerprint density at radius 2 is 1.95 bits per heavy atom. The van der Waals surface area contributed by atoms with Crippen LogP contribution in [0, 0.1) is 3.57 Å². The third-order valence-corrected chi connectivity index (χ3v) is 4.61. The van der Waals surface area contributed by atoms with Crippen molar-refractivity contribution < 1.29 is 9.53 Å². The number of rotatable bonds is 5. The molecule has 2 rings (SSSR count). The highest BCUT2D eigenvalue weighted by Crippen LogP contribution is 2.21. The van der Waals surface area contributed by atoms with Gasteiger partial charge in [0.05, 0.1) is 10.7 Å². The minimum atomic E-state index is -0.0792. The number of hydrogen-bond acceptors (Lipinski definition) is 3. The molecule has 0 atom stereocenters. The Bertz CT molecular complexity index is 629. The van der Waals surface area contributed by atoms with Crippen molar-refractivity contribution in [2.75, 3.05) is 13.4 Å². The number of methoxy groups -OCH3 is 1. The van der Waals surface area contributed by atoms with Crippen LogP contribution in [0.2, 0.25) is 0 Å². The van der Waals surface area contributed by atoms with Gasteiger partial charge in [-0.15, -0.1) is 11.8 Å². The Labute approximate surface area is 142 Å². The van der Waals surface area contributed by atoms with E-state index in [1.807, 2.05) is 30.5 Å². The Morgan fingerprint density at radius 3 is 2.52 bits per heavy atom. The first kappa shape index (κ1) is 16.2. The molecule has 1 amide bonds. The van der Waals surface area contributed by atoms with E-state index in [0.717, 1.165) is 14.9 Å². The minimum Gasteiger partial charge on any atom is -0.496 e. The number of halogens is 1. The number of thioether (sulfide) groups is 1. The minimum absolute atomic E-state index is 0.0792. The zero-order valence-electron chi connectivity index (χ0n) is 11.9. The molecule has 0 radical (unpaired) electrons. The summed E-state index contributed by atoms with van der Waals surface area (Å²) in [4.78, 5) is 13.4. The first-order chi connectivity index (χ1) is 10.1. The Hall–Kier alpha value is -1.21. The SMILES string of the molecule is COc1ccc(C(=O)NCc2ccc(SC)cc2)cc1I. The lowest BCUT2D eigenvalue weighted by molar-refractivity contribution is 0.0951. The van der Waals surface area contributed by atoms with Gasteiger partial charge in [0.2, 0.25) is 0 Å². The van der Waals surface area contributed by atoms with Gasteiger partial charge in [-0.3, -0.25) is 4.79 Å². The van der Waals surface area contributed by atoms with E-state index in [2.05, 4.69) is 40.0 Å². The van der Waals surface area contributed by atoms with Gasteiger partial charge in [0.25, 0.3) is 5.91 Å². The summed E-state index contributed by atoms with van der Waals surface area (Å²) >= 11 is 3.86. The molecule has 0 aliphatic carbocycles. The average Bonchev–Trinajstić information content (AvgIpc) is 2.53.